The number of carbonyl (C=O) groups is 3. The quantitative estimate of drug-likeness (QED) is 0.421. The number of nitrogens with one attached hydrogen (secondary N) is 2. The van der Waals surface area contributed by atoms with Gasteiger partial charge in [0.25, 0.3) is 5.91 Å². The molecule has 0 saturated heterocycles. The molecule has 30 heavy (non-hydrogen) atoms. The van der Waals surface area contributed by atoms with Crippen molar-refractivity contribution in [3.63, 3.8) is 0 Å². The van der Waals surface area contributed by atoms with E-state index in [0.717, 1.165) is 22.2 Å². The highest BCUT2D eigenvalue weighted by molar-refractivity contribution is 9.10. The number of benzene rings is 2. The molecule has 1 unspecified atom stereocenters. The second-order valence-electron chi connectivity index (χ2n) is 6.44. The molecule has 0 fully saturated rings. The summed E-state index contributed by atoms with van der Waals surface area (Å²) in [6, 6.07) is 9.31. The van der Waals surface area contributed by atoms with Gasteiger partial charge in [0.1, 0.15) is 11.6 Å². The smallest absolute Gasteiger partial charge is 0.307 e. The fraction of sp³-hybridized carbons (Fsp3) is 0.286. The highest BCUT2D eigenvalue weighted by atomic mass is 79.9. The van der Waals surface area contributed by atoms with Crippen molar-refractivity contribution in [2.24, 2.45) is 0 Å². The molecular weight excluding hydrogens is 462 g/mol. The Morgan fingerprint density at radius 1 is 1.10 bits per heavy atom. The highest BCUT2D eigenvalue weighted by Crippen LogP contribution is 2.20. The van der Waals surface area contributed by atoms with E-state index in [2.05, 4.69) is 26.6 Å². The summed E-state index contributed by atoms with van der Waals surface area (Å²) in [5.74, 6) is -3.18. The third-order valence-corrected chi connectivity index (χ3v) is 4.78. The van der Waals surface area contributed by atoms with Crippen LogP contribution in [0.25, 0.3) is 0 Å². The number of hydrogen-bond donors (Lipinski definition) is 2. The second kappa shape index (κ2) is 11.4. The van der Waals surface area contributed by atoms with Crippen molar-refractivity contribution in [2.45, 2.75) is 25.3 Å². The lowest BCUT2D eigenvalue weighted by atomic mass is 10.0. The Morgan fingerprint density at radius 2 is 1.80 bits per heavy atom. The molecule has 0 aliphatic carbocycles. The monoisotopic (exact) mass is 482 g/mol. The summed E-state index contributed by atoms with van der Waals surface area (Å²) < 4.78 is 32.1. The standard InChI is InChI=1S/C21H21BrF2N2O4/c1-30-20(28)12-18(13-4-6-14(22)7-5-13)26-19(27)3-2-10-25-21(29)16-9-8-15(23)11-17(16)24/h4-9,11,18H,2-3,10,12H2,1H3,(H,25,29)(H,26,27). The fourth-order valence-electron chi connectivity index (χ4n) is 2.68. The number of esters is 1. The van der Waals surface area contributed by atoms with E-state index in [1.165, 1.54) is 7.11 Å². The van der Waals surface area contributed by atoms with Gasteiger partial charge in [-0.3, -0.25) is 14.4 Å². The number of ether oxygens (including phenoxy) is 1. The molecule has 0 saturated carbocycles. The second-order valence-corrected chi connectivity index (χ2v) is 7.35. The Bertz CT molecular complexity index is 906. The summed E-state index contributed by atoms with van der Waals surface area (Å²) in [5.41, 5.74) is 0.478. The zero-order valence-corrected chi connectivity index (χ0v) is 17.8. The number of hydrogen-bond acceptors (Lipinski definition) is 4. The first-order valence-electron chi connectivity index (χ1n) is 9.15. The van der Waals surface area contributed by atoms with E-state index in [4.69, 9.17) is 4.74 Å². The van der Waals surface area contributed by atoms with Crippen molar-refractivity contribution in [3.05, 3.63) is 69.7 Å². The molecule has 9 heteroatoms. The first kappa shape index (κ1) is 23.5. The van der Waals surface area contributed by atoms with Gasteiger partial charge in [0.2, 0.25) is 5.91 Å². The lowest BCUT2D eigenvalue weighted by Crippen LogP contribution is -2.31. The van der Waals surface area contributed by atoms with Gasteiger partial charge in [-0.15, -0.1) is 0 Å². The Morgan fingerprint density at radius 3 is 2.43 bits per heavy atom. The molecule has 2 aromatic rings. The SMILES string of the molecule is COC(=O)CC(NC(=O)CCCNC(=O)c1ccc(F)cc1F)c1ccc(Br)cc1. The van der Waals surface area contributed by atoms with Crippen molar-refractivity contribution in [3.8, 4) is 0 Å². The summed E-state index contributed by atoms with van der Waals surface area (Å²) in [6.45, 7) is 0.128. The Labute approximate surface area is 181 Å². The van der Waals surface area contributed by atoms with Gasteiger partial charge in [-0.2, -0.15) is 0 Å². The van der Waals surface area contributed by atoms with Crippen LogP contribution in [0.3, 0.4) is 0 Å². The number of amides is 2. The summed E-state index contributed by atoms with van der Waals surface area (Å²) in [7, 11) is 1.27. The van der Waals surface area contributed by atoms with Crippen LogP contribution in [-0.2, 0) is 14.3 Å². The van der Waals surface area contributed by atoms with Crippen molar-refractivity contribution >= 4 is 33.7 Å². The predicted octanol–water partition coefficient (Wildman–Crippen LogP) is 3.66. The molecule has 2 N–H and O–H groups in total. The van der Waals surface area contributed by atoms with E-state index in [9.17, 15) is 23.2 Å². The fourth-order valence-corrected chi connectivity index (χ4v) is 2.95. The van der Waals surface area contributed by atoms with Crippen molar-refractivity contribution < 1.29 is 27.9 Å². The van der Waals surface area contributed by atoms with E-state index in [-0.39, 0.29) is 30.9 Å². The molecule has 0 radical (unpaired) electrons. The first-order chi connectivity index (χ1) is 14.3. The Balaban J connectivity index is 1.85. The van der Waals surface area contributed by atoms with Gasteiger partial charge in [0.15, 0.2) is 0 Å². The lowest BCUT2D eigenvalue weighted by Gasteiger charge is -2.18. The minimum atomic E-state index is -0.953. The number of methoxy groups -OCH3 is 1. The molecule has 2 rings (SSSR count). The summed E-state index contributed by atoms with van der Waals surface area (Å²) >= 11 is 3.33. The average Bonchev–Trinajstić information content (AvgIpc) is 2.71. The van der Waals surface area contributed by atoms with Gasteiger partial charge >= 0.3 is 5.97 Å². The van der Waals surface area contributed by atoms with Crippen LogP contribution >= 0.6 is 15.9 Å². The number of carbonyl (C=O) groups excluding carboxylic acids is 3. The van der Waals surface area contributed by atoms with Gasteiger partial charge in [-0.1, -0.05) is 28.1 Å². The van der Waals surface area contributed by atoms with Crippen LogP contribution in [0, 0.1) is 11.6 Å². The maximum atomic E-state index is 13.6. The number of halogens is 3. The zero-order chi connectivity index (χ0) is 22.1. The van der Waals surface area contributed by atoms with Crippen LogP contribution in [0.2, 0.25) is 0 Å². The maximum absolute atomic E-state index is 13.6. The largest absolute Gasteiger partial charge is 0.469 e. The topological polar surface area (TPSA) is 84.5 Å². The molecule has 0 aliphatic heterocycles. The normalized spacial score (nSPS) is 11.5. The van der Waals surface area contributed by atoms with E-state index in [0.29, 0.717) is 12.5 Å². The van der Waals surface area contributed by atoms with E-state index >= 15 is 0 Å². The molecule has 2 amide bonds. The van der Waals surface area contributed by atoms with E-state index in [1.807, 2.05) is 0 Å². The summed E-state index contributed by atoms with van der Waals surface area (Å²) in [6.07, 6.45) is 0.358. The lowest BCUT2D eigenvalue weighted by molar-refractivity contribution is -0.141. The van der Waals surface area contributed by atoms with Crippen molar-refractivity contribution in [1.82, 2.24) is 10.6 Å². The van der Waals surface area contributed by atoms with Gasteiger partial charge in [0, 0.05) is 23.5 Å². The third kappa shape index (κ3) is 7.22. The molecule has 0 heterocycles. The molecule has 6 nitrogen and oxygen atoms in total. The molecule has 2 aromatic carbocycles. The maximum Gasteiger partial charge on any atom is 0.307 e. The average molecular weight is 483 g/mol. The van der Waals surface area contributed by atoms with Crippen LogP contribution in [-0.4, -0.2) is 31.4 Å². The molecule has 0 bridgehead atoms. The van der Waals surface area contributed by atoms with Crippen LogP contribution in [0.1, 0.15) is 41.2 Å². The minimum Gasteiger partial charge on any atom is -0.469 e. The van der Waals surface area contributed by atoms with Crippen molar-refractivity contribution in [1.29, 1.82) is 0 Å². The molecule has 1 atom stereocenters. The van der Waals surface area contributed by atoms with Crippen LogP contribution in [0.15, 0.2) is 46.9 Å². The molecule has 0 aliphatic rings. The van der Waals surface area contributed by atoms with Gasteiger partial charge in [-0.25, -0.2) is 8.78 Å². The Hall–Kier alpha value is -2.81. The molecule has 0 aromatic heterocycles. The third-order valence-electron chi connectivity index (χ3n) is 4.25. The van der Waals surface area contributed by atoms with Crippen LogP contribution in [0.5, 0.6) is 0 Å². The summed E-state index contributed by atoms with van der Waals surface area (Å²) in [5, 5.41) is 5.27. The van der Waals surface area contributed by atoms with E-state index in [1.54, 1.807) is 24.3 Å². The minimum absolute atomic E-state index is 0.0234. The first-order valence-corrected chi connectivity index (χ1v) is 9.94. The summed E-state index contributed by atoms with van der Waals surface area (Å²) in [4.78, 5) is 35.9. The predicted molar refractivity (Wildman–Crippen MR) is 110 cm³/mol. The van der Waals surface area contributed by atoms with Gasteiger partial charge in [0.05, 0.1) is 25.1 Å². The van der Waals surface area contributed by atoms with E-state index < -0.39 is 29.6 Å². The molecule has 160 valence electrons. The van der Waals surface area contributed by atoms with Crippen LogP contribution < -0.4 is 10.6 Å². The zero-order valence-electron chi connectivity index (χ0n) is 16.2. The number of rotatable bonds is 9. The van der Waals surface area contributed by atoms with Crippen LogP contribution in [0.4, 0.5) is 8.78 Å². The highest BCUT2D eigenvalue weighted by Gasteiger charge is 2.19. The Kier molecular flexibility index (Phi) is 8.91. The molecule has 0 spiro atoms. The van der Waals surface area contributed by atoms with Gasteiger partial charge in [-0.05, 0) is 36.2 Å². The van der Waals surface area contributed by atoms with Crippen molar-refractivity contribution in [2.75, 3.05) is 13.7 Å². The molecular formula is C21H21BrF2N2O4. The van der Waals surface area contributed by atoms with Gasteiger partial charge < -0.3 is 15.4 Å².